The molecule has 3 aromatic rings. The second-order valence-corrected chi connectivity index (χ2v) is 4.59. The van der Waals surface area contributed by atoms with E-state index in [4.69, 9.17) is 5.21 Å². The van der Waals surface area contributed by atoms with Crippen LogP contribution in [0.5, 0.6) is 5.88 Å². The summed E-state index contributed by atoms with van der Waals surface area (Å²) in [5.74, 6) is -0.759. The lowest BCUT2D eigenvalue weighted by molar-refractivity contribution is 0.0994. The van der Waals surface area contributed by atoms with Crippen molar-refractivity contribution in [1.29, 1.82) is 0 Å². The third-order valence-electron chi connectivity index (χ3n) is 3.12. The molecular weight excluding hydrogens is 298 g/mol. The van der Waals surface area contributed by atoms with Crippen molar-refractivity contribution < 1.29 is 15.1 Å². The normalized spacial score (nSPS) is 11.7. The summed E-state index contributed by atoms with van der Waals surface area (Å²) in [6.07, 6.45) is 2.44. The first-order valence-corrected chi connectivity index (χ1v) is 6.58. The van der Waals surface area contributed by atoms with Crippen molar-refractivity contribution in [1.82, 2.24) is 9.97 Å². The summed E-state index contributed by atoms with van der Waals surface area (Å²) < 4.78 is 0. The SMILES string of the molecule is O=C(N=Nc1c(O)[nH]c2ccccc12)c1ccc(/C=N\O)nc1. The second-order valence-electron chi connectivity index (χ2n) is 4.59. The van der Waals surface area contributed by atoms with Crippen LogP contribution in [-0.4, -0.2) is 32.4 Å². The molecule has 0 bridgehead atoms. The molecule has 1 aromatic carbocycles. The number of carbonyl (C=O) groups is 1. The van der Waals surface area contributed by atoms with Crippen molar-refractivity contribution in [2.45, 2.75) is 0 Å². The highest BCUT2D eigenvalue weighted by atomic mass is 16.4. The molecule has 0 saturated carbocycles. The first-order valence-electron chi connectivity index (χ1n) is 6.58. The van der Waals surface area contributed by atoms with Crippen molar-refractivity contribution in [3.8, 4) is 5.88 Å². The van der Waals surface area contributed by atoms with Gasteiger partial charge < -0.3 is 15.3 Å². The Bertz CT molecular complexity index is 913. The van der Waals surface area contributed by atoms with Gasteiger partial charge in [0.2, 0.25) is 5.88 Å². The molecule has 3 N–H and O–H groups in total. The number of hydrogen-bond donors (Lipinski definition) is 3. The molecule has 0 aliphatic rings. The van der Waals surface area contributed by atoms with Crippen LogP contribution in [0, 0.1) is 0 Å². The van der Waals surface area contributed by atoms with E-state index in [-0.39, 0.29) is 17.1 Å². The van der Waals surface area contributed by atoms with Gasteiger partial charge in [0, 0.05) is 11.6 Å². The van der Waals surface area contributed by atoms with Gasteiger partial charge in [-0.15, -0.1) is 10.2 Å². The highest BCUT2D eigenvalue weighted by molar-refractivity contribution is 5.97. The van der Waals surface area contributed by atoms with E-state index >= 15 is 0 Å². The number of aromatic nitrogens is 2. The van der Waals surface area contributed by atoms with E-state index < -0.39 is 5.91 Å². The number of carbonyl (C=O) groups excluding carboxylic acids is 1. The molecule has 0 atom stereocenters. The largest absolute Gasteiger partial charge is 0.493 e. The van der Waals surface area contributed by atoms with Gasteiger partial charge in [-0.3, -0.25) is 9.78 Å². The van der Waals surface area contributed by atoms with Gasteiger partial charge in [-0.2, -0.15) is 0 Å². The number of H-pyrrole nitrogens is 1. The Morgan fingerprint density at radius 3 is 2.78 bits per heavy atom. The Morgan fingerprint density at radius 2 is 2.04 bits per heavy atom. The fraction of sp³-hybridized carbons (Fsp3) is 0. The molecule has 0 radical (unpaired) electrons. The minimum Gasteiger partial charge on any atom is -0.493 e. The number of nitrogens with zero attached hydrogens (tertiary/aromatic N) is 4. The van der Waals surface area contributed by atoms with Gasteiger partial charge in [0.15, 0.2) is 5.69 Å². The zero-order valence-corrected chi connectivity index (χ0v) is 11.7. The van der Waals surface area contributed by atoms with Gasteiger partial charge in [0.05, 0.1) is 23.0 Å². The summed E-state index contributed by atoms with van der Waals surface area (Å²) in [5, 5.41) is 29.2. The summed E-state index contributed by atoms with van der Waals surface area (Å²) in [7, 11) is 0. The molecule has 0 aliphatic heterocycles. The lowest BCUT2D eigenvalue weighted by Gasteiger charge is -1.95. The molecule has 8 heteroatoms. The van der Waals surface area contributed by atoms with Gasteiger partial charge in [0.25, 0.3) is 5.91 Å². The number of hydrogen-bond acceptors (Lipinski definition) is 6. The van der Waals surface area contributed by atoms with Crippen LogP contribution in [0.1, 0.15) is 16.1 Å². The van der Waals surface area contributed by atoms with Gasteiger partial charge in [-0.05, 0) is 18.2 Å². The minimum absolute atomic E-state index is 0.157. The zero-order chi connectivity index (χ0) is 16.2. The fourth-order valence-corrected chi connectivity index (χ4v) is 2.03. The van der Waals surface area contributed by atoms with Crippen molar-refractivity contribution >= 4 is 28.7 Å². The number of azo groups is 1. The smallest absolute Gasteiger partial charge is 0.296 e. The molecule has 23 heavy (non-hydrogen) atoms. The molecule has 8 nitrogen and oxygen atoms in total. The minimum atomic E-state index is -0.602. The molecule has 0 saturated heterocycles. The van der Waals surface area contributed by atoms with Crippen LogP contribution < -0.4 is 0 Å². The first-order chi connectivity index (χ1) is 11.2. The summed E-state index contributed by atoms with van der Waals surface area (Å²) in [5.41, 5.74) is 1.52. The van der Waals surface area contributed by atoms with Gasteiger partial charge in [-0.1, -0.05) is 23.4 Å². The maximum Gasteiger partial charge on any atom is 0.296 e. The second kappa shape index (κ2) is 6.06. The number of rotatable bonds is 3. The number of nitrogens with one attached hydrogen (secondary N) is 1. The average molecular weight is 309 g/mol. The van der Waals surface area contributed by atoms with Crippen LogP contribution in [0.15, 0.2) is 58.0 Å². The summed E-state index contributed by atoms with van der Waals surface area (Å²) in [4.78, 5) is 18.6. The lowest BCUT2D eigenvalue weighted by atomic mass is 10.2. The summed E-state index contributed by atoms with van der Waals surface area (Å²) >= 11 is 0. The standard InChI is InChI=1S/C15H11N5O3/c21-14(9-5-6-10(8-17-23)16-7-9)20-19-13-11-3-1-2-4-12(11)18-15(13)22/h1-8,18,22-23H/b17-8-,20-19?. The van der Waals surface area contributed by atoms with E-state index in [1.54, 1.807) is 18.2 Å². The molecule has 1 amide bonds. The molecule has 0 unspecified atom stereocenters. The number of benzene rings is 1. The first kappa shape index (κ1) is 14.4. The number of amides is 1. The number of pyridine rings is 1. The maximum absolute atomic E-state index is 12.0. The molecule has 0 aliphatic carbocycles. The number of oxime groups is 1. The Labute approximate surface area is 129 Å². The van der Waals surface area contributed by atoms with Crippen LogP contribution in [0.2, 0.25) is 0 Å². The number of aromatic amines is 1. The molecule has 0 spiro atoms. The third-order valence-corrected chi connectivity index (χ3v) is 3.12. The van der Waals surface area contributed by atoms with E-state index in [1.165, 1.54) is 18.3 Å². The number of aromatic hydroxyl groups is 1. The van der Waals surface area contributed by atoms with Gasteiger partial charge >= 0.3 is 0 Å². The van der Waals surface area contributed by atoms with Crippen molar-refractivity contribution in [3.05, 3.63) is 53.9 Å². The topological polar surface area (TPSA) is 123 Å². The van der Waals surface area contributed by atoms with Crippen LogP contribution in [-0.2, 0) is 0 Å². The van der Waals surface area contributed by atoms with Crippen LogP contribution in [0.25, 0.3) is 10.9 Å². The molecule has 2 aromatic heterocycles. The predicted octanol–water partition coefficient (Wildman–Crippen LogP) is 3.00. The monoisotopic (exact) mass is 309 g/mol. The van der Waals surface area contributed by atoms with E-state index in [2.05, 4.69) is 25.4 Å². The Hall–Kier alpha value is -3.55. The van der Waals surface area contributed by atoms with Gasteiger partial charge in [0.1, 0.15) is 0 Å². The van der Waals surface area contributed by atoms with Crippen LogP contribution >= 0.6 is 0 Å². The molecular formula is C15H11N5O3. The van der Waals surface area contributed by atoms with Crippen molar-refractivity contribution in [2.75, 3.05) is 0 Å². The Morgan fingerprint density at radius 1 is 1.22 bits per heavy atom. The summed E-state index contributed by atoms with van der Waals surface area (Å²) in [6.45, 7) is 0. The number of para-hydroxylation sites is 1. The Kier molecular flexibility index (Phi) is 3.79. The van der Waals surface area contributed by atoms with Crippen molar-refractivity contribution in [3.63, 3.8) is 0 Å². The third kappa shape index (κ3) is 2.91. The van der Waals surface area contributed by atoms with Gasteiger partial charge in [-0.25, -0.2) is 0 Å². The Balaban J connectivity index is 1.86. The fourth-order valence-electron chi connectivity index (χ4n) is 2.03. The lowest BCUT2D eigenvalue weighted by Crippen LogP contribution is -1.96. The molecule has 114 valence electrons. The van der Waals surface area contributed by atoms with E-state index in [1.807, 2.05) is 6.07 Å². The predicted molar refractivity (Wildman–Crippen MR) is 82.4 cm³/mol. The summed E-state index contributed by atoms with van der Waals surface area (Å²) in [6, 6.07) is 10.1. The molecule has 0 fully saturated rings. The van der Waals surface area contributed by atoms with Crippen molar-refractivity contribution in [2.24, 2.45) is 15.4 Å². The van der Waals surface area contributed by atoms with E-state index in [0.717, 1.165) is 6.21 Å². The maximum atomic E-state index is 12.0. The highest BCUT2D eigenvalue weighted by Crippen LogP contribution is 2.35. The zero-order valence-electron chi connectivity index (χ0n) is 11.7. The quantitative estimate of drug-likeness (QED) is 0.298. The van der Waals surface area contributed by atoms with Crippen LogP contribution in [0.4, 0.5) is 5.69 Å². The van der Waals surface area contributed by atoms with E-state index in [9.17, 15) is 9.90 Å². The number of fused-ring (bicyclic) bond motifs is 1. The van der Waals surface area contributed by atoms with Crippen LogP contribution in [0.3, 0.4) is 0 Å². The average Bonchev–Trinajstić information content (AvgIpc) is 2.89. The molecule has 2 heterocycles. The highest BCUT2D eigenvalue weighted by Gasteiger charge is 2.11. The van der Waals surface area contributed by atoms with E-state index in [0.29, 0.717) is 16.6 Å². The molecule has 3 rings (SSSR count).